The third-order valence-electron chi connectivity index (χ3n) is 4.36. The molecule has 0 aliphatic carbocycles. The van der Waals surface area contributed by atoms with Gasteiger partial charge >= 0.3 is 12.4 Å². The number of pyridine rings is 1. The highest BCUT2D eigenvalue weighted by Gasteiger charge is 2.39. The molecule has 2 rings (SSSR count). The molecule has 2 unspecified atom stereocenters. The zero-order chi connectivity index (χ0) is 21.7. The molecule has 11 heteroatoms. The van der Waals surface area contributed by atoms with Crippen LogP contribution in [-0.2, 0) is 12.4 Å². The largest absolute Gasteiger partial charge is 0.416 e. The van der Waals surface area contributed by atoms with E-state index in [1.165, 1.54) is 12.4 Å². The number of hydrogen-bond acceptors (Lipinski definition) is 4. The molecule has 3 N–H and O–H groups in total. The first-order chi connectivity index (χ1) is 13.5. The van der Waals surface area contributed by atoms with Crippen LogP contribution in [0, 0.1) is 0 Å². The van der Waals surface area contributed by atoms with Gasteiger partial charge in [-0.15, -0.1) is 12.4 Å². The van der Waals surface area contributed by atoms with E-state index < -0.39 is 35.6 Å². The minimum Gasteiger partial charge on any atom is -0.372 e. The first-order valence-corrected chi connectivity index (χ1v) is 8.86. The Kier molecular flexibility index (Phi) is 9.38. The normalized spacial score (nSPS) is 14.0. The average molecular weight is 458 g/mol. The molecule has 0 aliphatic heterocycles. The van der Waals surface area contributed by atoms with Gasteiger partial charge in [-0.25, -0.2) is 0 Å². The van der Waals surface area contributed by atoms with Gasteiger partial charge in [0.05, 0.1) is 11.1 Å². The molecule has 1 heterocycles. The van der Waals surface area contributed by atoms with Gasteiger partial charge in [-0.3, -0.25) is 4.98 Å². The highest BCUT2D eigenvalue weighted by molar-refractivity contribution is 5.85. The van der Waals surface area contributed by atoms with E-state index >= 15 is 0 Å². The van der Waals surface area contributed by atoms with Crippen molar-refractivity contribution in [2.75, 3.05) is 18.4 Å². The highest BCUT2D eigenvalue weighted by atomic mass is 35.5. The summed E-state index contributed by atoms with van der Waals surface area (Å²) in [4.78, 5) is 3.83. The molecule has 0 fully saturated rings. The number of aliphatic hydroxyl groups is 1. The van der Waals surface area contributed by atoms with Crippen LogP contribution >= 0.6 is 12.4 Å². The summed E-state index contributed by atoms with van der Waals surface area (Å²) in [6.45, 7) is 1.73. The lowest BCUT2D eigenvalue weighted by molar-refractivity contribution is -0.143. The molecule has 0 bridgehead atoms. The number of hydrogen-bond donors (Lipinski definition) is 3. The number of halogens is 7. The van der Waals surface area contributed by atoms with E-state index in [0.717, 1.165) is 6.07 Å². The Balaban J connectivity index is 0.00000450. The number of alkyl halides is 6. The predicted octanol–water partition coefficient (Wildman–Crippen LogP) is 5.05. The molecule has 0 spiro atoms. The first kappa shape index (κ1) is 26.0. The second-order valence-corrected chi connectivity index (χ2v) is 6.46. The van der Waals surface area contributed by atoms with Crippen LogP contribution < -0.4 is 10.6 Å². The van der Waals surface area contributed by atoms with E-state index in [9.17, 15) is 31.4 Å². The molecular weight excluding hydrogens is 436 g/mol. The lowest BCUT2D eigenvalue weighted by atomic mass is 9.90. The lowest BCUT2D eigenvalue weighted by Gasteiger charge is -2.23. The van der Waals surface area contributed by atoms with Crippen LogP contribution in [0.5, 0.6) is 0 Å². The van der Waals surface area contributed by atoms with Crippen LogP contribution in [0.15, 0.2) is 42.7 Å². The monoisotopic (exact) mass is 457 g/mol. The van der Waals surface area contributed by atoms with Crippen molar-refractivity contribution in [2.45, 2.75) is 37.8 Å². The SMILES string of the molecule is CCC(CNCC(O)Nc1ccncc1)c1ccc(C(F)(F)F)cc1C(F)(F)F.Cl. The quantitative estimate of drug-likeness (QED) is 0.383. The van der Waals surface area contributed by atoms with E-state index in [1.807, 2.05) is 0 Å². The Hall–Kier alpha value is -2.04. The van der Waals surface area contributed by atoms with E-state index in [-0.39, 0.29) is 43.5 Å². The second kappa shape index (κ2) is 10.8. The van der Waals surface area contributed by atoms with E-state index in [4.69, 9.17) is 0 Å². The molecule has 30 heavy (non-hydrogen) atoms. The minimum absolute atomic E-state index is 0. The third kappa shape index (κ3) is 7.33. The van der Waals surface area contributed by atoms with Gasteiger partial charge < -0.3 is 15.7 Å². The summed E-state index contributed by atoms with van der Waals surface area (Å²) in [5.41, 5.74) is -2.23. The summed E-state index contributed by atoms with van der Waals surface area (Å²) in [5.74, 6) is -0.679. The smallest absolute Gasteiger partial charge is 0.372 e. The van der Waals surface area contributed by atoms with Gasteiger partial charge in [-0.1, -0.05) is 13.0 Å². The van der Waals surface area contributed by atoms with Crippen molar-refractivity contribution >= 4 is 18.1 Å². The second-order valence-electron chi connectivity index (χ2n) is 6.46. The molecule has 2 atom stereocenters. The van der Waals surface area contributed by atoms with Crippen LogP contribution in [0.25, 0.3) is 0 Å². The Morgan fingerprint density at radius 3 is 2.13 bits per heavy atom. The van der Waals surface area contributed by atoms with Gasteiger partial charge in [-0.2, -0.15) is 26.3 Å². The van der Waals surface area contributed by atoms with Crippen molar-refractivity contribution in [3.05, 3.63) is 59.4 Å². The maximum atomic E-state index is 13.4. The van der Waals surface area contributed by atoms with Gasteiger partial charge in [0.25, 0.3) is 0 Å². The standard InChI is InChI=1S/C19H21F6N3O.ClH/c1-2-12(10-27-11-17(29)28-14-5-7-26-8-6-14)15-4-3-13(18(20,21)22)9-16(15)19(23,24)25;/h3-9,12,17,27,29H,2,10-11H2,1H3,(H,26,28);1H. The van der Waals surface area contributed by atoms with Crippen LogP contribution in [0.3, 0.4) is 0 Å². The molecule has 0 radical (unpaired) electrons. The maximum Gasteiger partial charge on any atom is 0.416 e. The van der Waals surface area contributed by atoms with Gasteiger partial charge in [-0.05, 0) is 42.2 Å². The number of rotatable bonds is 8. The number of anilines is 1. The summed E-state index contributed by atoms with van der Waals surface area (Å²) < 4.78 is 78.6. The number of nitrogens with one attached hydrogen (secondary N) is 2. The van der Waals surface area contributed by atoms with Crippen molar-refractivity contribution in [2.24, 2.45) is 0 Å². The van der Waals surface area contributed by atoms with E-state index in [2.05, 4.69) is 15.6 Å². The minimum atomic E-state index is -4.91. The fourth-order valence-electron chi connectivity index (χ4n) is 2.89. The molecule has 0 aliphatic rings. The number of aliphatic hydroxyl groups excluding tert-OH is 1. The zero-order valence-electron chi connectivity index (χ0n) is 15.9. The lowest BCUT2D eigenvalue weighted by Crippen LogP contribution is -2.35. The molecule has 1 aromatic carbocycles. The van der Waals surface area contributed by atoms with Gasteiger partial charge in [0.15, 0.2) is 0 Å². The fourth-order valence-corrected chi connectivity index (χ4v) is 2.89. The third-order valence-corrected chi connectivity index (χ3v) is 4.36. The van der Waals surface area contributed by atoms with Crippen molar-refractivity contribution < 1.29 is 31.4 Å². The Morgan fingerprint density at radius 2 is 1.60 bits per heavy atom. The van der Waals surface area contributed by atoms with Crippen molar-refractivity contribution in [3.8, 4) is 0 Å². The molecule has 0 saturated carbocycles. The summed E-state index contributed by atoms with van der Waals surface area (Å²) in [7, 11) is 0. The topological polar surface area (TPSA) is 57.2 Å². The number of nitrogens with zero attached hydrogens (tertiary/aromatic N) is 1. The van der Waals surface area contributed by atoms with Gasteiger partial charge in [0.1, 0.15) is 6.23 Å². The summed E-state index contributed by atoms with van der Waals surface area (Å²) >= 11 is 0. The van der Waals surface area contributed by atoms with Crippen LogP contribution in [0.1, 0.15) is 36.0 Å². The maximum absolute atomic E-state index is 13.4. The van der Waals surface area contributed by atoms with Gasteiger partial charge in [0, 0.05) is 31.2 Å². The van der Waals surface area contributed by atoms with Crippen LogP contribution in [0.4, 0.5) is 32.0 Å². The van der Waals surface area contributed by atoms with Gasteiger partial charge in [0.2, 0.25) is 0 Å². The van der Waals surface area contributed by atoms with E-state index in [0.29, 0.717) is 11.8 Å². The molecule has 1 aromatic heterocycles. The predicted molar refractivity (Wildman–Crippen MR) is 103 cm³/mol. The summed E-state index contributed by atoms with van der Waals surface area (Å²) in [6.07, 6.45) is -7.45. The zero-order valence-corrected chi connectivity index (χ0v) is 16.7. The average Bonchev–Trinajstić information content (AvgIpc) is 2.64. The van der Waals surface area contributed by atoms with Crippen molar-refractivity contribution in [1.29, 1.82) is 0 Å². The summed E-state index contributed by atoms with van der Waals surface area (Å²) in [5, 5.41) is 15.6. The van der Waals surface area contributed by atoms with Crippen LogP contribution in [-0.4, -0.2) is 29.4 Å². The van der Waals surface area contributed by atoms with Crippen molar-refractivity contribution in [3.63, 3.8) is 0 Å². The number of benzene rings is 1. The molecule has 0 saturated heterocycles. The Bertz CT molecular complexity index is 786. The van der Waals surface area contributed by atoms with Crippen molar-refractivity contribution in [1.82, 2.24) is 10.3 Å². The van der Waals surface area contributed by atoms with Crippen LogP contribution in [0.2, 0.25) is 0 Å². The fraction of sp³-hybridized carbons (Fsp3) is 0.421. The summed E-state index contributed by atoms with van der Waals surface area (Å²) in [6, 6.07) is 4.96. The number of aromatic nitrogens is 1. The molecule has 168 valence electrons. The molecule has 0 amide bonds. The molecular formula is C19H22ClF6N3O. The Labute approximate surface area is 176 Å². The highest BCUT2D eigenvalue weighted by Crippen LogP contribution is 2.40. The molecule has 2 aromatic rings. The van der Waals surface area contributed by atoms with E-state index in [1.54, 1.807) is 19.1 Å². The molecule has 4 nitrogen and oxygen atoms in total. The first-order valence-electron chi connectivity index (χ1n) is 8.86. The Morgan fingerprint density at radius 1 is 0.967 bits per heavy atom.